The van der Waals surface area contributed by atoms with E-state index in [1.807, 2.05) is 52.0 Å². The van der Waals surface area contributed by atoms with Crippen LogP contribution in [-0.2, 0) is 21.7 Å². The van der Waals surface area contributed by atoms with Crippen molar-refractivity contribution >= 4 is 11.4 Å². The number of benzene rings is 2. The molecule has 0 atom stereocenters. The van der Waals surface area contributed by atoms with Gasteiger partial charge in [0.05, 0.1) is 46.5 Å². The van der Waals surface area contributed by atoms with Crippen molar-refractivity contribution in [1.82, 2.24) is 0 Å². The van der Waals surface area contributed by atoms with Crippen LogP contribution in [0.4, 0.5) is 46.5 Å². The summed E-state index contributed by atoms with van der Waals surface area (Å²) in [5, 5.41) is 0. The molecule has 0 heterocycles. The van der Waals surface area contributed by atoms with Crippen LogP contribution in [0.25, 0.3) is 0 Å². The number of hydrogen-bond donors (Lipinski definition) is 0. The van der Waals surface area contributed by atoms with Crippen LogP contribution in [0.15, 0.2) is 36.5 Å². The largest absolute Gasteiger partial charge is 4.00 e. The molecule has 2 aliphatic carbocycles. The van der Waals surface area contributed by atoms with Crippen molar-refractivity contribution in [1.29, 1.82) is 0 Å². The summed E-state index contributed by atoms with van der Waals surface area (Å²) in [7, 11) is 0. The number of anilines is 2. The summed E-state index contributed by atoms with van der Waals surface area (Å²) in [5.41, 5.74) is -1.23. The van der Waals surface area contributed by atoms with Crippen molar-refractivity contribution in [3.8, 4) is 0 Å². The van der Waals surface area contributed by atoms with E-state index in [4.69, 9.17) is 0 Å². The van der Waals surface area contributed by atoms with Gasteiger partial charge in [0.1, 0.15) is 0 Å². The topological polar surface area (TPSA) is 6.48 Å². The van der Waals surface area contributed by atoms with Gasteiger partial charge in [0.2, 0.25) is 0 Å². The zero-order valence-electron chi connectivity index (χ0n) is 28.8. The van der Waals surface area contributed by atoms with Crippen molar-refractivity contribution in [3.05, 3.63) is 107 Å². The summed E-state index contributed by atoms with van der Waals surface area (Å²) in [4.78, 5) is 2.75. The van der Waals surface area contributed by atoms with E-state index in [9.17, 15) is 35.1 Å². The maximum atomic E-state index is 13.7. The summed E-state index contributed by atoms with van der Waals surface area (Å²) >= 11 is 0. The average molecular weight is 731 g/mol. The number of nitrogens with zero attached hydrogens (tertiary/aromatic N) is 2. The van der Waals surface area contributed by atoms with Gasteiger partial charge in [0.15, 0.2) is 0 Å². The molecule has 0 saturated heterocycles. The van der Waals surface area contributed by atoms with Crippen LogP contribution >= 0.6 is 0 Å². The molecule has 2 aliphatic rings. The Kier molecular flexibility index (Phi) is 25.4. The second kappa shape index (κ2) is 26.9. The predicted molar refractivity (Wildman–Crippen MR) is 177 cm³/mol. The van der Waals surface area contributed by atoms with E-state index in [1.165, 1.54) is 21.9 Å². The zero-order chi connectivity index (χ0) is 35.9. The summed E-state index contributed by atoms with van der Waals surface area (Å²) in [6.45, 7) is 9.21. The number of unbranched alkanes of at least 4 members (excludes halogenated alkanes) is 4. The molecule has 0 fully saturated rings. The van der Waals surface area contributed by atoms with Gasteiger partial charge in [-0.15, -0.1) is 25.0 Å². The van der Waals surface area contributed by atoms with Crippen molar-refractivity contribution in [2.45, 2.75) is 91.9 Å². The minimum Gasteiger partial charge on any atom is -0.388 e. The van der Waals surface area contributed by atoms with Crippen molar-refractivity contribution in [2.24, 2.45) is 0 Å². The Morgan fingerprint density at radius 1 is 0.490 bits per heavy atom. The van der Waals surface area contributed by atoms with Gasteiger partial charge in [0, 0.05) is 37.6 Å². The van der Waals surface area contributed by atoms with Crippen LogP contribution in [0.1, 0.15) is 91.9 Å². The van der Waals surface area contributed by atoms with E-state index in [-0.39, 0.29) is 21.7 Å². The normalized spacial score (nSPS) is 12.0. The Hall–Kier alpha value is -2.85. The molecule has 11 heteroatoms. The van der Waals surface area contributed by atoms with E-state index in [0.29, 0.717) is 51.9 Å². The Morgan fingerprint density at radius 3 is 0.918 bits per heavy atom. The fourth-order valence-electron chi connectivity index (χ4n) is 4.32. The molecule has 268 valence electrons. The van der Waals surface area contributed by atoms with Gasteiger partial charge in [-0.05, 0) is 25.7 Å². The van der Waals surface area contributed by atoms with Gasteiger partial charge in [-0.1, -0.05) is 53.4 Å². The van der Waals surface area contributed by atoms with E-state index < -0.39 is 57.9 Å². The molecular formula is C38H46F8N2Ti. The number of halogens is 8. The van der Waals surface area contributed by atoms with Crippen LogP contribution in [0, 0.1) is 70.8 Å². The van der Waals surface area contributed by atoms with Crippen molar-refractivity contribution < 1.29 is 56.8 Å². The molecule has 49 heavy (non-hydrogen) atoms. The van der Waals surface area contributed by atoms with Gasteiger partial charge in [0.25, 0.3) is 0 Å². The minimum atomic E-state index is -1.48. The number of rotatable bonds is 14. The third-order valence-corrected chi connectivity index (χ3v) is 6.97. The van der Waals surface area contributed by atoms with E-state index in [0.717, 1.165) is 38.5 Å². The van der Waals surface area contributed by atoms with Gasteiger partial charge < -0.3 is 9.80 Å². The molecule has 0 aromatic heterocycles. The first kappa shape index (κ1) is 46.2. The van der Waals surface area contributed by atoms with Gasteiger partial charge in [-0.25, -0.2) is 41.9 Å². The second-order valence-corrected chi connectivity index (χ2v) is 10.9. The summed E-state index contributed by atoms with van der Waals surface area (Å²) < 4.78 is 107. The van der Waals surface area contributed by atoms with E-state index >= 15 is 0 Å². The molecule has 0 radical (unpaired) electrons. The number of hydrogen-bond acceptors (Lipinski definition) is 2. The first-order chi connectivity index (χ1) is 23.0. The number of allylic oxidation sites excluding steroid dienone is 8. The van der Waals surface area contributed by atoms with Crippen LogP contribution in [0.2, 0.25) is 0 Å². The van der Waals surface area contributed by atoms with Gasteiger partial charge in [-0.3, -0.25) is 29.7 Å². The van der Waals surface area contributed by atoms with Crippen LogP contribution in [-0.4, -0.2) is 26.2 Å². The fourth-order valence-corrected chi connectivity index (χ4v) is 4.32. The first-order valence-electron chi connectivity index (χ1n) is 16.5. The maximum absolute atomic E-state index is 13.7. The van der Waals surface area contributed by atoms with Crippen molar-refractivity contribution in [2.75, 3.05) is 36.0 Å². The average Bonchev–Trinajstić information content (AvgIpc) is 3.86. The molecular weight excluding hydrogens is 684 g/mol. The monoisotopic (exact) mass is 730 g/mol. The molecule has 0 unspecified atom stereocenters. The fraction of sp³-hybridized carbons (Fsp3) is 0.474. The van der Waals surface area contributed by atoms with E-state index in [1.54, 1.807) is 0 Å². The molecule has 0 N–H and O–H groups in total. The SMILES string of the molecule is CCCCN(CCCC)c1c(F)c(F)[c-]c(F)c1F.CCCCN(CCCC)c1c(F)c(F)[c-]c(F)c1F.[C-]1=CC=CC1.[C-]1=CC=CC1.[Ti+4]. The molecule has 0 bridgehead atoms. The molecule has 0 saturated carbocycles. The Bertz CT molecular complexity index is 1150. The second-order valence-electron chi connectivity index (χ2n) is 10.9. The molecule has 2 aromatic carbocycles. The van der Waals surface area contributed by atoms with Crippen molar-refractivity contribution in [3.63, 3.8) is 0 Å². The molecule has 0 amide bonds. The summed E-state index contributed by atoms with van der Waals surface area (Å²) in [6, 6.07) is 2.81. The third kappa shape index (κ3) is 16.6. The maximum Gasteiger partial charge on any atom is 4.00 e. The van der Waals surface area contributed by atoms with Gasteiger partial charge in [-0.2, -0.15) is 12.2 Å². The standard InChI is InChI=1S/2C14H18F4N.2C5H5.Ti/c2*1-3-5-7-19(8-6-4-2)14-12(17)10(15)9-11(16)13(14)18;2*1-2-4-5-3-1;/h2*3-8H2,1-2H3;2*1-3H,4H2;/q4*-1;+4. The molecule has 0 aliphatic heterocycles. The quantitative estimate of drug-likeness (QED) is 0.0827. The van der Waals surface area contributed by atoms with E-state index in [2.05, 4.69) is 24.3 Å². The predicted octanol–water partition coefficient (Wildman–Crippen LogP) is 11.5. The molecule has 2 nitrogen and oxygen atoms in total. The molecule has 4 rings (SSSR count). The van der Waals surface area contributed by atoms with Crippen LogP contribution in [0.5, 0.6) is 0 Å². The van der Waals surface area contributed by atoms with Crippen LogP contribution in [0.3, 0.4) is 0 Å². The third-order valence-electron chi connectivity index (χ3n) is 6.97. The smallest absolute Gasteiger partial charge is 0.388 e. The molecule has 0 spiro atoms. The Labute approximate surface area is 302 Å². The zero-order valence-corrected chi connectivity index (χ0v) is 30.3. The van der Waals surface area contributed by atoms with Crippen LogP contribution < -0.4 is 9.80 Å². The van der Waals surface area contributed by atoms with Gasteiger partial charge >= 0.3 is 21.7 Å². The summed E-state index contributed by atoms with van der Waals surface area (Å²) in [6.07, 6.45) is 26.1. The Morgan fingerprint density at radius 2 is 0.755 bits per heavy atom. The minimum absolute atomic E-state index is 0. The molecule has 2 aromatic rings. The Balaban J connectivity index is 0.000000717. The summed E-state index contributed by atoms with van der Waals surface area (Å²) in [5.74, 6) is -11.4. The first-order valence-corrected chi connectivity index (χ1v) is 16.5.